The van der Waals surface area contributed by atoms with E-state index in [0.717, 1.165) is 39.0 Å². The molecule has 0 fully saturated rings. The van der Waals surface area contributed by atoms with Gasteiger partial charge in [0.1, 0.15) is 11.4 Å². The van der Waals surface area contributed by atoms with E-state index in [0.29, 0.717) is 17.7 Å². The molecule has 0 bridgehead atoms. The Kier molecular flexibility index (Phi) is 6.15. The van der Waals surface area contributed by atoms with E-state index in [-0.39, 0.29) is 11.3 Å². The number of benzene rings is 2. The normalized spacial score (nSPS) is 12.0. The predicted octanol–water partition coefficient (Wildman–Crippen LogP) is 7.33. The second-order valence-electron chi connectivity index (χ2n) is 6.79. The molecule has 0 spiro atoms. The van der Waals surface area contributed by atoms with E-state index in [2.05, 4.69) is 9.97 Å². The van der Waals surface area contributed by atoms with Crippen molar-refractivity contribution in [2.24, 2.45) is 0 Å². The maximum Gasteiger partial charge on any atom is 0.433 e. The predicted molar refractivity (Wildman–Crippen MR) is 116 cm³/mol. The van der Waals surface area contributed by atoms with Gasteiger partial charge in [0.2, 0.25) is 0 Å². The van der Waals surface area contributed by atoms with Crippen molar-refractivity contribution in [3.05, 3.63) is 59.8 Å². The first kappa shape index (κ1) is 20.9. The molecular weight excluding hydrogens is 429 g/mol. The minimum absolute atomic E-state index is 0.229. The van der Waals surface area contributed by atoms with E-state index >= 15 is 0 Å². The molecule has 0 radical (unpaired) electrons. The van der Waals surface area contributed by atoms with Gasteiger partial charge in [-0.05, 0) is 36.2 Å². The summed E-state index contributed by atoms with van der Waals surface area (Å²) in [6.45, 7) is 2.38. The van der Waals surface area contributed by atoms with Gasteiger partial charge in [-0.2, -0.15) is 13.2 Å². The van der Waals surface area contributed by atoms with E-state index in [4.69, 9.17) is 4.74 Å². The van der Waals surface area contributed by atoms with Gasteiger partial charge in [-0.1, -0.05) is 43.3 Å². The van der Waals surface area contributed by atoms with E-state index in [9.17, 15) is 13.2 Å². The zero-order valence-electron chi connectivity index (χ0n) is 16.2. The highest BCUT2D eigenvalue weighted by atomic mass is 32.2. The molecule has 0 saturated carbocycles. The minimum Gasteiger partial charge on any atom is -0.493 e. The molecule has 30 heavy (non-hydrogen) atoms. The zero-order chi connectivity index (χ0) is 21.1. The number of unbranched alkanes of at least 4 members (excludes halogenated alkanes) is 1. The summed E-state index contributed by atoms with van der Waals surface area (Å²) in [4.78, 5) is 8.42. The lowest BCUT2D eigenvalue weighted by Gasteiger charge is -2.13. The van der Waals surface area contributed by atoms with E-state index in [1.165, 1.54) is 0 Å². The SMILES string of the molecule is CCCCOc1cc(C(F)(F)F)nc2ccc(CSc3nc4ccccc4s3)cc12. The Labute approximate surface area is 180 Å². The van der Waals surface area contributed by atoms with Crippen molar-refractivity contribution < 1.29 is 17.9 Å². The molecule has 4 aromatic rings. The van der Waals surface area contributed by atoms with Gasteiger partial charge in [0.15, 0.2) is 4.34 Å². The molecule has 0 N–H and O–H groups in total. The van der Waals surface area contributed by atoms with Crippen molar-refractivity contribution in [1.82, 2.24) is 9.97 Å². The number of thioether (sulfide) groups is 1. The molecule has 0 aliphatic carbocycles. The van der Waals surface area contributed by atoms with Crippen molar-refractivity contribution in [2.75, 3.05) is 6.61 Å². The van der Waals surface area contributed by atoms with Gasteiger partial charge in [-0.15, -0.1) is 11.3 Å². The lowest BCUT2D eigenvalue weighted by molar-refractivity contribution is -0.141. The summed E-state index contributed by atoms with van der Waals surface area (Å²) >= 11 is 3.24. The van der Waals surface area contributed by atoms with Crippen molar-refractivity contribution in [1.29, 1.82) is 0 Å². The largest absolute Gasteiger partial charge is 0.493 e. The third-order valence-corrected chi connectivity index (χ3v) is 6.77. The van der Waals surface area contributed by atoms with Crippen LogP contribution in [0.5, 0.6) is 5.75 Å². The Morgan fingerprint density at radius 1 is 1.03 bits per heavy atom. The molecule has 0 atom stereocenters. The molecule has 156 valence electrons. The summed E-state index contributed by atoms with van der Waals surface area (Å²) in [6, 6.07) is 14.3. The van der Waals surface area contributed by atoms with E-state index in [1.807, 2.05) is 43.3 Å². The Morgan fingerprint density at radius 2 is 1.87 bits per heavy atom. The third-order valence-electron chi connectivity index (χ3n) is 4.52. The number of pyridine rings is 1. The first-order valence-electron chi connectivity index (χ1n) is 9.56. The summed E-state index contributed by atoms with van der Waals surface area (Å²) in [5, 5.41) is 0.599. The van der Waals surface area contributed by atoms with Gasteiger partial charge in [-0.3, -0.25) is 0 Å². The number of para-hydroxylation sites is 1. The Morgan fingerprint density at radius 3 is 2.63 bits per heavy atom. The lowest BCUT2D eigenvalue weighted by Crippen LogP contribution is -2.09. The van der Waals surface area contributed by atoms with Gasteiger partial charge >= 0.3 is 6.18 Å². The molecule has 0 unspecified atom stereocenters. The van der Waals surface area contributed by atoms with Crippen molar-refractivity contribution >= 4 is 44.2 Å². The molecule has 0 aliphatic heterocycles. The third kappa shape index (κ3) is 4.70. The van der Waals surface area contributed by atoms with Gasteiger partial charge in [-0.25, -0.2) is 9.97 Å². The standard InChI is InChI=1S/C22H19F3N2OS2/c1-2-3-10-28-18-12-20(22(23,24)25)26-16-9-8-14(11-15(16)18)13-29-21-27-17-6-4-5-7-19(17)30-21/h4-9,11-12H,2-3,10,13H2,1H3. The highest BCUT2D eigenvalue weighted by Crippen LogP contribution is 2.36. The molecule has 0 aliphatic rings. The van der Waals surface area contributed by atoms with Crippen molar-refractivity contribution in [3.8, 4) is 5.75 Å². The van der Waals surface area contributed by atoms with Crippen molar-refractivity contribution in [3.63, 3.8) is 0 Å². The van der Waals surface area contributed by atoms with Crippen LogP contribution in [0, 0.1) is 0 Å². The smallest absolute Gasteiger partial charge is 0.433 e. The number of fused-ring (bicyclic) bond motifs is 2. The summed E-state index contributed by atoms with van der Waals surface area (Å²) < 4.78 is 47.5. The molecule has 2 aromatic heterocycles. The van der Waals surface area contributed by atoms with Crippen molar-refractivity contribution in [2.45, 2.75) is 36.0 Å². The quantitative estimate of drug-likeness (QED) is 0.219. The fraction of sp³-hybridized carbons (Fsp3) is 0.273. The average Bonchev–Trinajstić information content (AvgIpc) is 3.14. The molecule has 8 heteroatoms. The van der Waals surface area contributed by atoms with Crippen LogP contribution in [0.15, 0.2) is 52.9 Å². The van der Waals surface area contributed by atoms with Crippen LogP contribution >= 0.6 is 23.1 Å². The van der Waals surface area contributed by atoms with E-state index in [1.54, 1.807) is 29.2 Å². The zero-order valence-corrected chi connectivity index (χ0v) is 17.8. The van der Waals surface area contributed by atoms with Crippen LogP contribution in [0.4, 0.5) is 13.2 Å². The maximum absolute atomic E-state index is 13.2. The first-order chi connectivity index (χ1) is 14.4. The highest BCUT2D eigenvalue weighted by Gasteiger charge is 2.33. The molecule has 4 rings (SSSR count). The average molecular weight is 449 g/mol. The second kappa shape index (κ2) is 8.81. The molecule has 2 aromatic carbocycles. The number of aromatic nitrogens is 2. The monoisotopic (exact) mass is 448 g/mol. The Hall–Kier alpha value is -2.32. The molecular formula is C22H19F3N2OS2. The topological polar surface area (TPSA) is 35.0 Å². The van der Waals surface area contributed by atoms with Gasteiger partial charge in [0, 0.05) is 17.2 Å². The summed E-state index contributed by atoms with van der Waals surface area (Å²) in [6.07, 6.45) is -2.84. The van der Waals surface area contributed by atoms with Crippen LogP contribution in [0.25, 0.3) is 21.1 Å². The molecule has 0 saturated heterocycles. The lowest BCUT2D eigenvalue weighted by atomic mass is 10.1. The first-order valence-corrected chi connectivity index (χ1v) is 11.4. The van der Waals surface area contributed by atoms with Crippen LogP contribution in [0.3, 0.4) is 0 Å². The maximum atomic E-state index is 13.2. The number of hydrogen-bond acceptors (Lipinski definition) is 5. The Bertz CT molecular complexity index is 1140. The number of halogens is 3. The summed E-state index contributed by atoms with van der Waals surface area (Å²) in [5.41, 5.74) is 1.30. The molecule has 3 nitrogen and oxygen atoms in total. The number of hydrogen-bond donors (Lipinski definition) is 0. The van der Waals surface area contributed by atoms with Gasteiger partial charge in [0.25, 0.3) is 0 Å². The van der Waals surface area contributed by atoms with E-state index < -0.39 is 11.9 Å². The molecule has 0 amide bonds. The van der Waals surface area contributed by atoms with Crippen LogP contribution in [-0.4, -0.2) is 16.6 Å². The summed E-state index contributed by atoms with van der Waals surface area (Å²) in [5.74, 6) is 0.887. The number of alkyl halides is 3. The number of rotatable bonds is 7. The Balaban J connectivity index is 1.61. The van der Waals surface area contributed by atoms with Crippen LogP contribution in [0.2, 0.25) is 0 Å². The van der Waals surface area contributed by atoms with Gasteiger partial charge < -0.3 is 4.74 Å². The number of ether oxygens (including phenoxy) is 1. The minimum atomic E-state index is -4.52. The fourth-order valence-corrected chi connectivity index (χ4v) is 4.99. The van der Waals surface area contributed by atoms with Crippen LogP contribution in [-0.2, 0) is 11.9 Å². The van der Waals surface area contributed by atoms with Crippen LogP contribution in [0.1, 0.15) is 31.0 Å². The fourth-order valence-electron chi connectivity index (χ4n) is 2.98. The number of thiazole rings is 1. The highest BCUT2D eigenvalue weighted by molar-refractivity contribution is 8.00. The number of nitrogens with zero attached hydrogens (tertiary/aromatic N) is 2. The second-order valence-corrected chi connectivity index (χ2v) is 9.05. The molecule has 2 heterocycles. The summed E-state index contributed by atoms with van der Waals surface area (Å²) in [7, 11) is 0. The van der Waals surface area contributed by atoms with Gasteiger partial charge in [0.05, 0.1) is 22.3 Å². The van der Waals surface area contributed by atoms with Crippen LogP contribution < -0.4 is 4.74 Å².